The molecule has 19 heavy (non-hydrogen) atoms. The van der Waals surface area contributed by atoms with Gasteiger partial charge in [0.25, 0.3) is 0 Å². The van der Waals surface area contributed by atoms with Gasteiger partial charge in [-0.3, -0.25) is 4.79 Å². The number of halogens is 1. The van der Waals surface area contributed by atoms with Gasteiger partial charge in [-0.25, -0.2) is 0 Å². The molecule has 0 aromatic heterocycles. The van der Waals surface area contributed by atoms with Crippen molar-refractivity contribution in [2.24, 2.45) is 17.1 Å². The van der Waals surface area contributed by atoms with E-state index in [0.29, 0.717) is 12.6 Å². The summed E-state index contributed by atoms with van der Waals surface area (Å²) in [5.41, 5.74) is 5.48. The van der Waals surface area contributed by atoms with Crippen LogP contribution in [0.1, 0.15) is 65.7 Å². The van der Waals surface area contributed by atoms with Crippen LogP contribution >= 0.6 is 12.4 Å². The van der Waals surface area contributed by atoms with E-state index in [1.165, 1.54) is 19.3 Å². The van der Waals surface area contributed by atoms with Gasteiger partial charge in [-0.05, 0) is 38.0 Å². The molecule has 2 unspecified atom stereocenters. The minimum absolute atomic E-state index is 0. The Morgan fingerprint density at radius 2 is 1.84 bits per heavy atom. The topological polar surface area (TPSA) is 55.1 Å². The summed E-state index contributed by atoms with van der Waals surface area (Å²) in [5.74, 6) is 0.984. The molecule has 1 aliphatic carbocycles. The van der Waals surface area contributed by atoms with Crippen LogP contribution in [0.2, 0.25) is 0 Å². The first-order valence-corrected chi connectivity index (χ1v) is 7.59. The fourth-order valence-electron chi connectivity index (χ4n) is 2.92. The highest BCUT2D eigenvalue weighted by molar-refractivity contribution is 5.85. The summed E-state index contributed by atoms with van der Waals surface area (Å²) < 4.78 is 0. The van der Waals surface area contributed by atoms with Crippen LogP contribution in [-0.2, 0) is 4.79 Å². The number of nitrogens with one attached hydrogen (secondary N) is 1. The molecule has 0 spiro atoms. The molecular weight excluding hydrogens is 260 g/mol. The third kappa shape index (κ3) is 4.96. The predicted octanol–water partition coefficient (Wildman–Crippen LogP) is 3.26. The van der Waals surface area contributed by atoms with Crippen LogP contribution in [0, 0.1) is 11.3 Å². The smallest absolute Gasteiger partial charge is 0.227 e. The number of hydrogen-bond acceptors (Lipinski definition) is 2. The Labute approximate surface area is 124 Å². The van der Waals surface area contributed by atoms with Crippen molar-refractivity contribution in [3.8, 4) is 0 Å². The van der Waals surface area contributed by atoms with Crippen LogP contribution in [0.25, 0.3) is 0 Å². The van der Waals surface area contributed by atoms with Crippen LogP contribution < -0.4 is 11.1 Å². The highest BCUT2D eigenvalue weighted by Crippen LogP contribution is 2.27. The number of carbonyl (C=O) groups excluding carboxylic acids is 1. The maximum atomic E-state index is 12.4. The first-order chi connectivity index (χ1) is 8.57. The lowest BCUT2D eigenvalue weighted by atomic mass is 9.81. The molecule has 114 valence electrons. The predicted molar refractivity (Wildman–Crippen MR) is 83.5 cm³/mol. The Balaban J connectivity index is 0.00000324. The van der Waals surface area contributed by atoms with Gasteiger partial charge in [-0.2, -0.15) is 0 Å². The Morgan fingerprint density at radius 1 is 1.21 bits per heavy atom. The zero-order chi connectivity index (χ0) is 13.6. The third-order valence-corrected chi connectivity index (χ3v) is 4.82. The Hall–Kier alpha value is -0.280. The van der Waals surface area contributed by atoms with Gasteiger partial charge in [-0.1, -0.05) is 33.6 Å². The minimum Gasteiger partial charge on any atom is -0.353 e. The van der Waals surface area contributed by atoms with Gasteiger partial charge in [0.1, 0.15) is 0 Å². The summed E-state index contributed by atoms with van der Waals surface area (Å²) in [6, 6.07) is 0.367. The molecular formula is C15H31ClN2O. The summed E-state index contributed by atoms with van der Waals surface area (Å²) in [6.45, 7) is 6.89. The van der Waals surface area contributed by atoms with E-state index in [1.807, 2.05) is 0 Å². The average Bonchev–Trinajstić information content (AvgIpc) is 2.57. The second-order valence-corrected chi connectivity index (χ2v) is 5.98. The summed E-state index contributed by atoms with van der Waals surface area (Å²) >= 11 is 0. The van der Waals surface area contributed by atoms with Gasteiger partial charge in [0, 0.05) is 12.6 Å². The molecule has 0 bridgehead atoms. The molecule has 0 aliphatic heterocycles. The number of carbonyl (C=O) groups is 1. The van der Waals surface area contributed by atoms with E-state index in [1.54, 1.807) is 0 Å². The van der Waals surface area contributed by atoms with Gasteiger partial charge in [0.2, 0.25) is 5.91 Å². The molecule has 1 aliphatic rings. The van der Waals surface area contributed by atoms with Crippen LogP contribution in [-0.4, -0.2) is 18.5 Å². The molecule has 0 aromatic rings. The fourth-order valence-corrected chi connectivity index (χ4v) is 2.92. The molecule has 0 heterocycles. The van der Waals surface area contributed by atoms with E-state index in [2.05, 4.69) is 26.1 Å². The molecule has 0 aromatic carbocycles. The molecule has 1 amide bonds. The third-order valence-electron chi connectivity index (χ3n) is 4.82. The lowest BCUT2D eigenvalue weighted by molar-refractivity contribution is -0.131. The monoisotopic (exact) mass is 290 g/mol. The molecule has 2 atom stereocenters. The lowest BCUT2D eigenvalue weighted by Gasteiger charge is -2.31. The van der Waals surface area contributed by atoms with Crippen LogP contribution in [0.15, 0.2) is 0 Å². The van der Waals surface area contributed by atoms with Gasteiger partial charge in [0.05, 0.1) is 5.41 Å². The van der Waals surface area contributed by atoms with E-state index in [0.717, 1.165) is 31.6 Å². The highest BCUT2D eigenvalue weighted by atomic mass is 35.5. The van der Waals surface area contributed by atoms with E-state index >= 15 is 0 Å². The first-order valence-electron chi connectivity index (χ1n) is 7.59. The number of amides is 1. The molecule has 4 heteroatoms. The molecule has 0 saturated heterocycles. The average molecular weight is 291 g/mol. The summed E-state index contributed by atoms with van der Waals surface area (Å²) in [5, 5.41) is 3.25. The summed E-state index contributed by atoms with van der Waals surface area (Å²) in [4.78, 5) is 12.4. The molecule has 1 rings (SSSR count). The van der Waals surface area contributed by atoms with Crippen LogP contribution in [0.5, 0.6) is 0 Å². The van der Waals surface area contributed by atoms with Crippen LogP contribution in [0.3, 0.4) is 0 Å². The highest BCUT2D eigenvalue weighted by Gasteiger charge is 2.34. The van der Waals surface area contributed by atoms with Crippen molar-refractivity contribution in [2.75, 3.05) is 6.54 Å². The van der Waals surface area contributed by atoms with Crippen molar-refractivity contribution in [3.63, 3.8) is 0 Å². The zero-order valence-corrected chi connectivity index (χ0v) is 13.5. The van der Waals surface area contributed by atoms with Gasteiger partial charge >= 0.3 is 0 Å². The summed E-state index contributed by atoms with van der Waals surface area (Å²) in [6.07, 6.45) is 7.68. The number of rotatable bonds is 5. The minimum atomic E-state index is -0.349. The maximum Gasteiger partial charge on any atom is 0.227 e. The van der Waals surface area contributed by atoms with Crippen molar-refractivity contribution in [2.45, 2.75) is 71.8 Å². The van der Waals surface area contributed by atoms with E-state index in [9.17, 15) is 4.79 Å². The zero-order valence-electron chi connectivity index (χ0n) is 12.7. The molecule has 0 radical (unpaired) electrons. The van der Waals surface area contributed by atoms with Crippen molar-refractivity contribution >= 4 is 18.3 Å². The quantitative estimate of drug-likeness (QED) is 0.764. The molecule has 1 fully saturated rings. The van der Waals surface area contributed by atoms with E-state index < -0.39 is 0 Å². The normalized spacial score (nSPS) is 24.2. The van der Waals surface area contributed by atoms with Gasteiger partial charge in [-0.15, -0.1) is 12.4 Å². The van der Waals surface area contributed by atoms with Crippen molar-refractivity contribution in [1.82, 2.24) is 5.32 Å². The number of hydrogen-bond donors (Lipinski definition) is 2. The van der Waals surface area contributed by atoms with Crippen LogP contribution in [0.4, 0.5) is 0 Å². The first kappa shape index (κ1) is 18.7. The van der Waals surface area contributed by atoms with Gasteiger partial charge in [0.15, 0.2) is 0 Å². The molecule has 3 nitrogen and oxygen atoms in total. The maximum absolute atomic E-state index is 12.4. The second kappa shape index (κ2) is 8.80. The van der Waals surface area contributed by atoms with E-state index in [4.69, 9.17) is 5.73 Å². The second-order valence-electron chi connectivity index (χ2n) is 5.98. The Bertz CT molecular complexity index is 259. The van der Waals surface area contributed by atoms with Gasteiger partial charge < -0.3 is 11.1 Å². The van der Waals surface area contributed by atoms with Crippen molar-refractivity contribution in [3.05, 3.63) is 0 Å². The Kier molecular flexibility index (Phi) is 8.67. The molecule has 3 N–H and O–H groups in total. The lowest BCUT2D eigenvalue weighted by Crippen LogP contribution is -2.48. The SMILES string of the molecule is CCC(CC)(CN)C(=O)NC1CCCC(C)CC1.Cl. The standard InChI is InChI=1S/C15H30N2O.ClH/c1-4-15(5-2,11-16)14(18)17-13-8-6-7-12(3)9-10-13;/h12-13H,4-11,16H2,1-3H3,(H,17,18);1H. The number of nitrogens with two attached hydrogens (primary N) is 1. The largest absolute Gasteiger partial charge is 0.353 e. The van der Waals surface area contributed by atoms with Crippen molar-refractivity contribution < 1.29 is 4.79 Å². The van der Waals surface area contributed by atoms with E-state index in [-0.39, 0.29) is 23.7 Å². The Morgan fingerprint density at radius 3 is 2.37 bits per heavy atom. The van der Waals surface area contributed by atoms with Crippen molar-refractivity contribution in [1.29, 1.82) is 0 Å². The summed E-state index contributed by atoms with van der Waals surface area (Å²) in [7, 11) is 0. The fraction of sp³-hybridized carbons (Fsp3) is 0.933. The molecule has 1 saturated carbocycles.